The summed E-state index contributed by atoms with van der Waals surface area (Å²) in [6.07, 6.45) is 2.65. The Kier molecular flexibility index (Phi) is 6.65. The average molecular weight is 407 g/mol. The average Bonchev–Trinajstić information content (AvgIpc) is 2.68. The zero-order valence-corrected chi connectivity index (χ0v) is 16.2. The van der Waals surface area contributed by atoms with Crippen LogP contribution in [0.5, 0.6) is 0 Å². The molecule has 4 nitrogen and oxygen atoms in total. The Bertz CT molecular complexity index is 883. The standard InChI is InChI=1S/C21H21ClF2N2O2/c1-14(25-21(27)7-4-15-2-5-17(22)13-19(15)24)16-3-6-18(23)20(12-16)26-8-10-28-11-9-26/h2-7,12-14H,8-11H2,1H3,(H,25,27). The Hall–Kier alpha value is -2.44. The number of nitrogens with one attached hydrogen (secondary N) is 1. The van der Waals surface area contributed by atoms with E-state index >= 15 is 0 Å². The molecule has 0 bridgehead atoms. The molecule has 1 aliphatic heterocycles. The number of carbonyl (C=O) groups is 1. The maximum atomic E-state index is 14.2. The highest BCUT2D eigenvalue weighted by atomic mass is 35.5. The maximum absolute atomic E-state index is 14.2. The van der Waals surface area contributed by atoms with Crippen LogP contribution in [0.25, 0.3) is 6.08 Å². The first-order chi connectivity index (χ1) is 13.4. The van der Waals surface area contributed by atoms with Gasteiger partial charge in [-0.15, -0.1) is 0 Å². The lowest BCUT2D eigenvalue weighted by atomic mass is 10.1. The molecular formula is C21H21ClF2N2O2. The second-order valence-corrected chi connectivity index (χ2v) is 6.98. The number of nitrogens with zero attached hydrogens (tertiary/aromatic N) is 1. The van der Waals surface area contributed by atoms with Gasteiger partial charge in [-0.1, -0.05) is 23.7 Å². The Morgan fingerprint density at radius 1 is 1.18 bits per heavy atom. The number of anilines is 1. The van der Waals surface area contributed by atoms with Crippen molar-refractivity contribution in [3.8, 4) is 0 Å². The van der Waals surface area contributed by atoms with Crippen LogP contribution in [0.3, 0.4) is 0 Å². The molecule has 3 rings (SSSR count). The molecule has 1 fully saturated rings. The Labute approximate surface area is 167 Å². The van der Waals surface area contributed by atoms with Gasteiger partial charge in [0.05, 0.1) is 24.9 Å². The number of benzene rings is 2. The summed E-state index contributed by atoms with van der Waals surface area (Å²) < 4.78 is 33.3. The third-order valence-electron chi connectivity index (χ3n) is 4.56. The summed E-state index contributed by atoms with van der Waals surface area (Å²) >= 11 is 5.72. The molecular weight excluding hydrogens is 386 g/mol. The Balaban J connectivity index is 1.67. The van der Waals surface area contributed by atoms with Crippen LogP contribution in [0.1, 0.15) is 24.1 Å². The number of rotatable bonds is 5. The summed E-state index contributed by atoms with van der Waals surface area (Å²) in [4.78, 5) is 14.1. The van der Waals surface area contributed by atoms with Crippen LogP contribution >= 0.6 is 11.6 Å². The number of amides is 1. The fourth-order valence-corrected chi connectivity index (χ4v) is 3.15. The maximum Gasteiger partial charge on any atom is 0.244 e. The van der Waals surface area contributed by atoms with E-state index in [9.17, 15) is 13.6 Å². The van der Waals surface area contributed by atoms with E-state index in [2.05, 4.69) is 5.32 Å². The van der Waals surface area contributed by atoms with Gasteiger partial charge in [0.1, 0.15) is 11.6 Å². The van der Waals surface area contributed by atoms with Crippen molar-refractivity contribution in [1.29, 1.82) is 0 Å². The van der Waals surface area contributed by atoms with Gasteiger partial charge in [0.2, 0.25) is 5.91 Å². The summed E-state index contributed by atoms with van der Waals surface area (Å²) in [5, 5.41) is 3.10. The molecule has 7 heteroatoms. The van der Waals surface area contributed by atoms with Gasteiger partial charge < -0.3 is 15.0 Å². The van der Waals surface area contributed by atoms with E-state index in [1.807, 2.05) is 11.8 Å². The number of hydrogen-bond donors (Lipinski definition) is 1. The molecule has 1 aliphatic rings. The van der Waals surface area contributed by atoms with Crippen molar-refractivity contribution in [2.45, 2.75) is 13.0 Å². The lowest BCUT2D eigenvalue weighted by Crippen LogP contribution is -2.37. The Morgan fingerprint density at radius 3 is 2.64 bits per heavy atom. The molecule has 1 unspecified atom stereocenters. The zero-order valence-electron chi connectivity index (χ0n) is 15.4. The molecule has 0 saturated carbocycles. The van der Waals surface area contributed by atoms with Gasteiger partial charge in [0, 0.05) is 29.8 Å². The first-order valence-corrected chi connectivity index (χ1v) is 9.37. The monoisotopic (exact) mass is 406 g/mol. The van der Waals surface area contributed by atoms with E-state index in [-0.39, 0.29) is 23.3 Å². The van der Waals surface area contributed by atoms with Crippen molar-refractivity contribution in [1.82, 2.24) is 5.32 Å². The predicted octanol–water partition coefficient (Wildman–Crippen LogP) is 4.35. The first-order valence-electron chi connectivity index (χ1n) is 9.00. The number of carbonyl (C=O) groups excluding carboxylic acids is 1. The van der Waals surface area contributed by atoms with Crippen LogP contribution in [0.15, 0.2) is 42.5 Å². The number of morpholine rings is 1. The number of hydrogen-bond acceptors (Lipinski definition) is 3. The van der Waals surface area contributed by atoms with E-state index < -0.39 is 5.82 Å². The third kappa shape index (κ3) is 5.09. The van der Waals surface area contributed by atoms with Gasteiger partial charge in [-0.05, 0) is 42.8 Å². The summed E-state index contributed by atoms with van der Waals surface area (Å²) in [7, 11) is 0. The molecule has 1 saturated heterocycles. The van der Waals surface area contributed by atoms with Crippen molar-refractivity contribution in [2.24, 2.45) is 0 Å². The lowest BCUT2D eigenvalue weighted by molar-refractivity contribution is -0.117. The minimum Gasteiger partial charge on any atom is -0.378 e. The fraction of sp³-hybridized carbons (Fsp3) is 0.286. The summed E-state index contributed by atoms with van der Waals surface area (Å²) in [6.45, 7) is 4.17. The minimum atomic E-state index is -0.502. The zero-order chi connectivity index (χ0) is 20.1. The van der Waals surface area contributed by atoms with Gasteiger partial charge in [-0.2, -0.15) is 0 Å². The van der Waals surface area contributed by atoms with E-state index in [0.29, 0.717) is 37.0 Å². The molecule has 1 amide bonds. The predicted molar refractivity (Wildman–Crippen MR) is 106 cm³/mol. The molecule has 2 aromatic carbocycles. The molecule has 0 aromatic heterocycles. The van der Waals surface area contributed by atoms with Crippen LogP contribution in [0.4, 0.5) is 14.5 Å². The van der Waals surface area contributed by atoms with Crippen LogP contribution in [0, 0.1) is 11.6 Å². The van der Waals surface area contributed by atoms with Gasteiger partial charge in [-0.3, -0.25) is 4.79 Å². The number of halogens is 3. The summed E-state index contributed by atoms with van der Waals surface area (Å²) in [5.41, 5.74) is 1.55. The van der Waals surface area contributed by atoms with E-state index in [4.69, 9.17) is 16.3 Å². The largest absolute Gasteiger partial charge is 0.378 e. The highest BCUT2D eigenvalue weighted by Crippen LogP contribution is 2.25. The highest BCUT2D eigenvalue weighted by molar-refractivity contribution is 6.30. The first kappa shape index (κ1) is 20.3. The molecule has 0 radical (unpaired) electrons. The van der Waals surface area contributed by atoms with E-state index in [1.54, 1.807) is 18.2 Å². The quantitative estimate of drug-likeness (QED) is 0.751. The summed E-state index contributed by atoms with van der Waals surface area (Å²) in [5.74, 6) is -1.18. The van der Waals surface area contributed by atoms with Crippen LogP contribution in [-0.4, -0.2) is 32.2 Å². The second-order valence-electron chi connectivity index (χ2n) is 6.54. The Morgan fingerprint density at radius 2 is 1.93 bits per heavy atom. The van der Waals surface area contributed by atoms with Gasteiger partial charge in [-0.25, -0.2) is 8.78 Å². The minimum absolute atomic E-state index is 0.267. The molecule has 1 atom stereocenters. The molecule has 0 spiro atoms. The molecule has 148 valence electrons. The highest BCUT2D eigenvalue weighted by Gasteiger charge is 2.17. The van der Waals surface area contributed by atoms with Gasteiger partial charge >= 0.3 is 0 Å². The molecule has 1 heterocycles. The third-order valence-corrected chi connectivity index (χ3v) is 4.79. The van der Waals surface area contributed by atoms with E-state index in [0.717, 1.165) is 5.56 Å². The molecule has 1 N–H and O–H groups in total. The second kappa shape index (κ2) is 9.17. The van der Waals surface area contributed by atoms with Crippen LogP contribution in [-0.2, 0) is 9.53 Å². The van der Waals surface area contributed by atoms with E-state index in [1.165, 1.54) is 30.4 Å². The molecule has 28 heavy (non-hydrogen) atoms. The van der Waals surface area contributed by atoms with Gasteiger partial charge in [0.15, 0.2) is 0 Å². The molecule has 2 aromatic rings. The van der Waals surface area contributed by atoms with Crippen LogP contribution < -0.4 is 10.2 Å². The van der Waals surface area contributed by atoms with Crippen molar-refractivity contribution < 1.29 is 18.3 Å². The van der Waals surface area contributed by atoms with Crippen molar-refractivity contribution >= 4 is 29.3 Å². The smallest absolute Gasteiger partial charge is 0.244 e. The van der Waals surface area contributed by atoms with Crippen LogP contribution in [0.2, 0.25) is 5.02 Å². The number of ether oxygens (including phenoxy) is 1. The van der Waals surface area contributed by atoms with Gasteiger partial charge in [0.25, 0.3) is 0 Å². The topological polar surface area (TPSA) is 41.6 Å². The van der Waals surface area contributed by atoms with Crippen molar-refractivity contribution in [2.75, 3.05) is 31.2 Å². The fourth-order valence-electron chi connectivity index (χ4n) is 2.99. The normalized spacial score (nSPS) is 15.6. The van der Waals surface area contributed by atoms with Crippen molar-refractivity contribution in [3.05, 3.63) is 70.3 Å². The SMILES string of the molecule is CC(NC(=O)C=Cc1ccc(Cl)cc1F)c1ccc(F)c(N2CCOCC2)c1. The summed E-state index contributed by atoms with van der Waals surface area (Å²) in [6, 6.07) is 8.69. The van der Waals surface area contributed by atoms with Crippen molar-refractivity contribution in [3.63, 3.8) is 0 Å². The lowest BCUT2D eigenvalue weighted by Gasteiger charge is -2.29. The molecule has 0 aliphatic carbocycles.